The molecule has 3 heterocycles. The number of ether oxygens (including phenoxy) is 3. The molecule has 9 nitrogen and oxygen atoms in total. The van der Waals surface area contributed by atoms with Crippen molar-refractivity contribution in [2.24, 2.45) is 0 Å². The Morgan fingerprint density at radius 3 is 2.65 bits per heavy atom. The second kappa shape index (κ2) is 11.0. The standard InChI is InChI=1S/C30H34FN5O4/c1-30(2,3)40-29(37)35-13-11-19(12-14-35)15-21-18-36-27(33-21)23-7-6-8-24(31)26(23)34-28(36)32-17-20-9-10-22(38-4)16-25(20)39-5/h6-11,16,18H,12-15,17H2,1-5H3,(H,32,34). The van der Waals surface area contributed by atoms with Gasteiger partial charge in [-0.05, 0) is 51.5 Å². The monoisotopic (exact) mass is 547 g/mol. The summed E-state index contributed by atoms with van der Waals surface area (Å²) in [5.74, 6) is 1.43. The van der Waals surface area contributed by atoms with Crippen LogP contribution < -0.4 is 14.8 Å². The number of para-hydroxylation sites is 1. The number of imidazole rings is 1. The maximum Gasteiger partial charge on any atom is 0.410 e. The van der Waals surface area contributed by atoms with Crippen LogP contribution in [0.4, 0.5) is 15.1 Å². The van der Waals surface area contributed by atoms with Gasteiger partial charge in [0.05, 0.1) is 19.9 Å². The fourth-order valence-corrected chi connectivity index (χ4v) is 4.73. The zero-order valence-electron chi connectivity index (χ0n) is 23.5. The molecule has 0 spiro atoms. The number of rotatable bonds is 7. The highest BCUT2D eigenvalue weighted by atomic mass is 19.1. The fourth-order valence-electron chi connectivity index (χ4n) is 4.73. The molecule has 1 amide bonds. The summed E-state index contributed by atoms with van der Waals surface area (Å²) in [4.78, 5) is 23.6. The molecule has 0 fully saturated rings. The van der Waals surface area contributed by atoms with E-state index < -0.39 is 11.4 Å². The summed E-state index contributed by atoms with van der Waals surface area (Å²) < 4.78 is 33.0. The summed E-state index contributed by atoms with van der Waals surface area (Å²) in [5.41, 5.74) is 3.26. The molecule has 4 aromatic rings. The number of hydrogen-bond acceptors (Lipinski definition) is 7. The van der Waals surface area contributed by atoms with Crippen molar-refractivity contribution in [2.75, 3.05) is 32.6 Å². The van der Waals surface area contributed by atoms with Crippen molar-refractivity contribution in [1.29, 1.82) is 0 Å². The topological polar surface area (TPSA) is 90.2 Å². The Labute approximate surface area is 232 Å². The second-order valence-electron chi connectivity index (χ2n) is 10.7. The molecule has 10 heteroatoms. The first-order valence-electron chi connectivity index (χ1n) is 13.2. The smallest absolute Gasteiger partial charge is 0.410 e. The number of fused-ring (bicyclic) bond motifs is 3. The van der Waals surface area contributed by atoms with Crippen LogP contribution in [0.1, 0.15) is 38.4 Å². The van der Waals surface area contributed by atoms with Crippen molar-refractivity contribution >= 4 is 28.6 Å². The average Bonchev–Trinajstić information content (AvgIpc) is 3.35. The fraction of sp³-hybridized carbons (Fsp3) is 0.367. The Hall–Kier alpha value is -4.34. The predicted molar refractivity (Wildman–Crippen MR) is 152 cm³/mol. The van der Waals surface area contributed by atoms with Gasteiger partial charge in [-0.1, -0.05) is 17.7 Å². The summed E-state index contributed by atoms with van der Waals surface area (Å²) >= 11 is 0. The lowest BCUT2D eigenvalue weighted by Gasteiger charge is -2.29. The van der Waals surface area contributed by atoms with E-state index in [9.17, 15) is 9.18 Å². The number of aromatic nitrogens is 3. The van der Waals surface area contributed by atoms with E-state index in [2.05, 4.69) is 16.4 Å². The van der Waals surface area contributed by atoms with Gasteiger partial charge >= 0.3 is 6.09 Å². The third-order valence-corrected chi connectivity index (χ3v) is 6.72. The quantitative estimate of drug-likeness (QED) is 0.294. The Kier molecular flexibility index (Phi) is 7.51. The number of nitrogens with zero attached hydrogens (tertiary/aromatic N) is 4. The number of carbonyl (C=O) groups is 1. The van der Waals surface area contributed by atoms with E-state index in [-0.39, 0.29) is 11.6 Å². The summed E-state index contributed by atoms with van der Waals surface area (Å²) in [6, 6.07) is 10.5. The average molecular weight is 548 g/mol. The Bertz CT molecular complexity index is 1590. The van der Waals surface area contributed by atoms with Crippen LogP contribution >= 0.6 is 0 Å². The molecule has 0 radical (unpaired) electrons. The van der Waals surface area contributed by atoms with Gasteiger partial charge in [-0.3, -0.25) is 4.40 Å². The first-order chi connectivity index (χ1) is 19.1. The molecule has 5 rings (SSSR count). The van der Waals surface area contributed by atoms with Gasteiger partial charge in [0.2, 0.25) is 5.95 Å². The third kappa shape index (κ3) is 5.80. The molecule has 0 bridgehead atoms. The summed E-state index contributed by atoms with van der Waals surface area (Å²) in [7, 11) is 3.21. The Morgan fingerprint density at radius 2 is 1.95 bits per heavy atom. The van der Waals surface area contributed by atoms with E-state index in [1.807, 2.05) is 55.6 Å². The highest BCUT2D eigenvalue weighted by molar-refractivity contribution is 5.93. The van der Waals surface area contributed by atoms with Crippen LogP contribution in [0.25, 0.3) is 16.6 Å². The molecule has 0 saturated carbocycles. The van der Waals surface area contributed by atoms with Gasteiger partial charge in [0.15, 0.2) is 0 Å². The molecule has 40 heavy (non-hydrogen) atoms. The van der Waals surface area contributed by atoms with Crippen molar-refractivity contribution in [2.45, 2.75) is 45.8 Å². The lowest BCUT2D eigenvalue weighted by Crippen LogP contribution is -2.39. The molecule has 0 saturated heterocycles. The van der Waals surface area contributed by atoms with E-state index in [1.165, 1.54) is 11.6 Å². The maximum absolute atomic E-state index is 14.8. The number of benzene rings is 2. The number of anilines is 1. The van der Waals surface area contributed by atoms with Crippen LogP contribution in [0.5, 0.6) is 11.5 Å². The molecular formula is C30H34FN5O4. The molecule has 0 unspecified atom stereocenters. The molecule has 1 aliphatic rings. The molecule has 1 N–H and O–H groups in total. The number of halogens is 1. The minimum absolute atomic E-state index is 0.251. The summed E-state index contributed by atoms with van der Waals surface area (Å²) in [5, 5.41) is 3.97. The van der Waals surface area contributed by atoms with Gasteiger partial charge in [0.25, 0.3) is 0 Å². The molecular weight excluding hydrogens is 513 g/mol. The van der Waals surface area contributed by atoms with Crippen LogP contribution in [0.2, 0.25) is 0 Å². The molecule has 0 aliphatic carbocycles. The summed E-state index contributed by atoms with van der Waals surface area (Å²) in [6.45, 7) is 7.06. The van der Waals surface area contributed by atoms with Gasteiger partial charge in [-0.25, -0.2) is 19.2 Å². The van der Waals surface area contributed by atoms with Gasteiger partial charge in [-0.2, -0.15) is 0 Å². The lowest BCUT2D eigenvalue weighted by atomic mass is 10.0. The molecule has 2 aromatic carbocycles. The van der Waals surface area contributed by atoms with Crippen LogP contribution in [0.15, 0.2) is 54.2 Å². The lowest BCUT2D eigenvalue weighted by molar-refractivity contribution is 0.0265. The molecule has 0 atom stereocenters. The second-order valence-corrected chi connectivity index (χ2v) is 10.7. The first-order valence-corrected chi connectivity index (χ1v) is 13.2. The van der Waals surface area contributed by atoms with E-state index in [1.54, 1.807) is 25.2 Å². The number of hydrogen-bond donors (Lipinski definition) is 1. The van der Waals surface area contributed by atoms with Crippen molar-refractivity contribution in [1.82, 2.24) is 19.3 Å². The van der Waals surface area contributed by atoms with Gasteiger partial charge in [-0.15, -0.1) is 0 Å². The zero-order valence-corrected chi connectivity index (χ0v) is 23.5. The highest BCUT2D eigenvalue weighted by Crippen LogP contribution is 2.28. The van der Waals surface area contributed by atoms with Crippen LogP contribution in [-0.2, 0) is 17.7 Å². The SMILES string of the molecule is COc1ccc(CNc2nc3c(F)cccc3c3nc(CC4=CCN(C(=O)OC(C)(C)C)CC4)cn23)c(OC)c1. The van der Waals surface area contributed by atoms with E-state index in [0.29, 0.717) is 54.5 Å². The largest absolute Gasteiger partial charge is 0.497 e. The van der Waals surface area contributed by atoms with Gasteiger partial charge in [0, 0.05) is 49.3 Å². The van der Waals surface area contributed by atoms with Crippen molar-refractivity contribution < 1.29 is 23.4 Å². The van der Waals surface area contributed by atoms with Gasteiger partial charge < -0.3 is 24.4 Å². The van der Waals surface area contributed by atoms with Crippen molar-refractivity contribution in [3.63, 3.8) is 0 Å². The number of amides is 1. The van der Waals surface area contributed by atoms with E-state index in [0.717, 1.165) is 17.7 Å². The van der Waals surface area contributed by atoms with Crippen LogP contribution in [0.3, 0.4) is 0 Å². The van der Waals surface area contributed by atoms with Gasteiger partial charge in [0.1, 0.15) is 34.1 Å². The van der Waals surface area contributed by atoms with Crippen molar-refractivity contribution in [3.05, 3.63) is 71.3 Å². The Morgan fingerprint density at radius 1 is 1.12 bits per heavy atom. The zero-order chi connectivity index (χ0) is 28.4. The van der Waals surface area contributed by atoms with E-state index >= 15 is 0 Å². The van der Waals surface area contributed by atoms with Crippen LogP contribution in [-0.4, -0.2) is 58.3 Å². The first kappa shape index (κ1) is 27.2. The molecule has 2 aromatic heterocycles. The number of methoxy groups -OCH3 is 2. The molecule has 1 aliphatic heterocycles. The Balaban J connectivity index is 1.42. The predicted octanol–water partition coefficient (Wildman–Crippen LogP) is 5.76. The number of carbonyl (C=O) groups excluding carboxylic acids is 1. The minimum Gasteiger partial charge on any atom is -0.497 e. The number of nitrogens with one attached hydrogen (secondary N) is 1. The highest BCUT2D eigenvalue weighted by Gasteiger charge is 2.24. The maximum atomic E-state index is 14.8. The van der Waals surface area contributed by atoms with E-state index in [4.69, 9.17) is 19.2 Å². The van der Waals surface area contributed by atoms with Crippen LogP contribution in [0, 0.1) is 5.82 Å². The van der Waals surface area contributed by atoms with Crippen molar-refractivity contribution in [3.8, 4) is 11.5 Å². The normalized spacial score (nSPS) is 13.8. The molecule has 210 valence electrons. The summed E-state index contributed by atoms with van der Waals surface area (Å²) in [6.07, 6.45) is 5.03. The third-order valence-electron chi connectivity index (χ3n) is 6.72. The minimum atomic E-state index is -0.530.